The van der Waals surface area contributed by atoms with Gasteiger partial charge in [-0.1, -0.05) is 49.9 Å². The predicted octanol–water partition coefficient (Wildman–Crippen LogP) is 2.55. The van der Waals surface area contributed by atoms with Gasteiger partial charge in [-0.15, -0.1) is 0 Å². The Morgan fingerprint density at radius 3 is 2.43 bits per heavy atom. The average Bonchev–Trinajstić information content (AvgIpc) is 2.67. The van der Waals surface area contributed by atoms with Crippen molar-refractivity contribution in [3.05, 3.63) is 35.4 Å². The molecule has 118 valence electrons. The van der Waals surface area contributed by atoms with E-state index in [1.54, 1.807) is 0 Å². The summed E-state index contributed by atoms with van der Waals surface area (Å²) < 4.78 is 27.5. The fourth-order valence-corrected chi connectivity index (χ4v) is 4.39. The molecule has 21 heavy (non-hydrogen) atoms. The highest BCUT2D eigenvalue weighted by Gasteiger charge is 2.19. The van der Waals surface area contributed by atoms with Crippen LogP contribution in [-0.4, -0.2) is 21.5 Å². The predicted molar refractivity (Wildman–Crippen MR) is 86.5 cm³/mol. The molecular formula is C16H26N2O2S. The van der Waals surface area contributed by atoms with Crippen molar-refractivity contribution in [1.82, 2.24) is 10.0 Å². The molecule has 0 heterocycles. The average molecular weight is 310 g/mol. The van der Waals surface area contributed by atoms with Gasteiger partial charge in [0, 0.05) is 12.6 Å². The van der Waals surface area contributed by atoms with Gasteiger partial charge in [0.2, 0.25) is 10.0 Å². The van der Waals surface area contributed by atoms with E-state index < -0.39 is 10.0 Å². The monoisotopic (exact) mass is 310 g/mol. The molecule has 1 aliphatic carbocycles. The van der Waals surface area contributed by atoms with Crippen LogP contribution in [0.4, 0.5) is 0 Å². The molecule has 0 aliphatic heterocycles. The first kappa shape index (κ1) is 16.5. The van der Waals surface area contributed by atoms with Crippen molar-refractivity contribution in [2.45, 2.75) is 56.9 Å². The van der Waals surface area contributed by atoms with Crippen LogP contribution in [0.25, 0.3) is 0 Å². The summed E-state index contributed by atoms with van der Waals surface area (Å²) in [7, 11) is -1.37. The second kappa shape index (κ2) is 7.92. The minimum absolute atomic E-state index is 0.0705. The number of benzene rings is 1. The summed E-state index contributed by atoms with van der Waals surface area (Å²) in [5.74, 6) is 0.0705. The first-order valence-corrected chi connectivity index (χ1v) is 9.47. The van der Waals surface area contributed by atoms with Gasteiger partial charge in [0.15, 0.2) is 0 Å². The minimum Gasteiger partial charge on any atom is -0.316 e. The lowest BCUT2D eigenvalue weighted by atomic mass is 10.1. The van der Waals surface area contributed by atoms with Crippen molar-refractivity contribution < 1.29 is 8.42 Å². The molecule has 5 heteroatoms. The standard InChI is InChI=1S/C16H26N2O2S/c1-17-12-14-7-6-8-15(11-14)13-21(19,20)18-16-9-4-2-3-5-10-16/h6-8,11,16-18H,2-5,9-10,12-13H2,1H3. The maximum absolute atomic E-state index is 12.3. The third-order valence-corrected chi connectivity index (χ3v) is 5.34. The van der Waals surface area contributed by atoms with Crippen LogP contribution >= 0.6 is 0 Å². The fourth-order valence-electron chi connectivity index (χ4n) is 2.95. The van der Waals surface area contributed by atoms with E-state index in [1.165, 1.54) is 12.8 Å². The van der Waals surface area contributed by atoms with Crippen LogP contribution < -0.4 is 10.0 Å². The van der Waals surface area contributed by atoms with E-state index in [-0.39, 0.29) is 11.8 Å². The number of rotatable bonds is 6. The molecule has 2 rings (SSSR count). The molecule has 0 radical (unpaired) electrons. The van der Waals surface area contributed by atoms with Crippen molar-refractivity contribution in [3.63, 3.8) is 0 Å². The normalized spacial score (nSPS) is 17.6. The molecule has 1 aromatic rings. The molecule has 2 N–H and O–H groups in total. The van der Waals surface area contributed by atoms with E-state index in [1.807, 2.05) is 31.3 Å². The van der Waals surface area contributed by atoms with Crippen LogP contribution in [0.15, 0.2) is 24.3 Å². The van der Waals surface area contributed by atoms with Crippen LogP contribution in [0.3, 0.4) is 0 Å². The number of hydrogen-bond acceptors (Lipinski definition) is 3. The molecule has 0 saturated heterocycles. The molecule has 1 aromatic carbocycles. The second-order valence-corrected chi connectivity index (χ2v) is 7.67. The lowest BCUT2D eigenvalue weighted by Crippen LogP contribution is -2.35. The van der Waals surface area contributed by atoms with E-state index in [9.17, 15) is 8.42 Å². The lowest BCUT2D eigenvalue weighted by Gasteiger charge is -2.16. The van der Waals surface area contributed by atoms with Crippen molar-refractivity contribution >= 4 is 10.0 Å². The Morgan fingerprint density at radius 2 is 1.76 bits per heavy atom. The van der Waals surface area contributed by atoms with Gasteiger partial charge >= 0.3 is 0 Å². The topological polar surface area (TPSA) is 58.2 Å². The molecule has 1 fully saturated rings. The van der Waals surface area contributed by atoms with Gasteiger partial charge in [-0.3, -0.25) is 0 Å². The Balaban J connectivity index is 1.97. The van der Waals surface area contributed by atoms with Gasteiger partial charge in [-0.25, -0.2) is 13.1 Å². The Labute approximate surface area is 128 Å². The van der Waals surface area contributed by atoms with Crippen molar-refractivity contribution in [2.75, 3.05) is 7.05 Å². The van der Waals surface area contributed by atoms with Crippen LogP contribution in [0.1, 0.15) is 49.7 Å². The molecule has 1 saturated carbocycles. The molecule has 4 nitrogen and oxygen atoms in total. The molecule has 0 aromatic heterocycles. The zero-order valence-electron chi connectivity index (χ0n) is 12.8. The largest absolute Gasteiger partial charge is 0.316 e. The van der Waals surface area contributed by atoms with E-state index in [2.05, 4.69) is 10.0 Å². The zero-order chi connectivity index (χ0) is 15.1. The highest BCUT2D eigenvalue weighted by atomic mass is 32.2. The molecule has 1 aliphatic rings. The molecule has 0 spiro atoms. The SMILES string of the molecule is CNCc1cccc(CS(=O)(=O)NC2CCCCCC2)c1. The maximum Gasteiger partial charge on any atom is 0.216 e. The maximum atomic E-state index is 12.3. The van der Waals surface area contributed by atoms with Gasteiger partial charge in [0.05, 0.1) is 5.75 Å². The molecule has 0 bridgehead atoms. The highest BCUT2D eigenvalue weighted by molar-refractivity contribution is 7.88. The lowest BCUT2D eigenvalue weighted by molar-refractivity contribution is 0.509. The highest BCUT2D eigenvalue weighted by Crippen LogP contribution is 2.18. The number of sulfonamides is 1. The smallest absolute Gasteiger partial charge is 0.216 e. The van der Waals surface area contributed by atoms with Gasteiger partial charge in [0.1, 0.15) is 0 Å². The summed E-state index contributed by atoms with van der Waals surface area (Å²) in [6, 6.07) is 7.89. The van der Waals surface area contributed by atoms with Crippen molar-refractivity contribution in [2.24, 2.45) is 0 Å². The van der Waals surface area contributed by atoms with Gasteiger partial charge < -0.3 is 5.32 Å². The van der Waals surface area contributed by atoms with E-state index in [0.29, 0.717) is 0 Å². The van der Waals surface area contributed by atoms with Crippen molar-refractivity contribution in [1.29, 1.82) is 0 Å². The molecule has 0 unspecified atom stereocenters. The summed E-state index contributed by atoms with van der Waals surface area (Å²) in [6.07, 6.45) is 6.66. The molecule has 0 atom stereocenters. The third kappa shape index (κ3) is 5.77. The van der Waals surface area contributed by atoms with E-state index >= 15 is 0 Å². The Morgan fingerprint density at radius 1 is 1.10 bits per heavy atom. The molecular weight excluding hydrogens is 284 g/mol. The van der Waals surface area contributed by atoms with Gasteiger partial charge in [-0.2, -0.15) is 0 Å². The van der Waals surface area contributed by atoms with Crippen LogP contribution in [0.2, 0.25) is 0 Å². The van der Waals surface area contributed by atoms with E-state index in [4.69, 9.17) is 0 Å². The van der Waals surface area contributed by atoms with Gasteiger partial charge in [-0.05, 0) is 31.0 Å². The quantitative estimate of drug-likeness (QED) is 0.794. The summed E-state index contributed by atoms with van der Waals surface area (Å²) in [6.45, 7) is 0.754. The zero-order valence-corrected chi connectivity index (χ0v) is 13.6. The number of nitrogens with one attached hydrogen (secondary N) is 2. The summed E-state index contributed by atoms with van der Waals surface area (Å²) in [5, 5.41) is 3.08. The van der Waals surface area contributed by atoms with E-state index in [0.717, 1.165) is 43.4 Å². The van der Waals surface area contributed by atoms with Gasteiger partial charge in [0.25, 0.3) is 0 Å². The first-order chi connectivity index (χ1) is 10.1. The Hall–Kier alpha value is -0.910. The summed E-state index contributed by atoms with van der Waals surface area (Å²) >= 11 is 0. The summed E-state index contributed by atoms with van der Waals surface area (Å²) in [5.41, 5.74) is 1.96. The molecule has 0 amide bonds. The van der Waals surface area contributed by atoms with Crippen LogP contribution in [-0.2, 0) is 22.3 Å². The number of hydrogen-bond donors (Lipinski definition) is 2. The Kier molecular flexibility index (Phi) is 6.21. The fraction of sp³-hybridized carbons (Fsp3) is 0.625. The third-order valence-electron chi connectivity index (χ3n) is 3.93. The second-order valence-electron chi connectivity index (χ2n) is 5.92. The van der Waals surface area contributed by atoms with Crippen LogP contribution in [0, 0.1) is 0 Å². The van der Waals surface area contributed by atoms with Crippen molar-refractivity contribution in [3.8, 4) is 0 Å². The minimum atomic E-state index is -3.25. The van der Waals surface area contributed by atoms with Crippen LogP contribution in [0.5, 0.6) is 0 Å². The Bertz CT molecular complexity index is 535. The first-order valence-electron chi connectivity index (χ1n) is 7.81. The summed E-state index contributed by atoms with van der Waals surface area (Å²) in [4.78, 5) is 0.